The maximum absolute atomic E-state index is 13.6. The number of halogens is 1. The molecule has 1 saturated carbocycles. The minimum Gasteiger partial charge on any atom is -0.444 e. The van der Waals surface area contributed by atoms with E-state index in [1.54, 1.807) is 0 Å². The molecule has 0 bridgehead atoms. The number of ketones is 1. The maximum atomic E-state index is 13.6. The molecule has 1 amide bonds. The summed E-state index contributed by atoms with van der Waals surface area (Å²) < 4.78 is 13.3. The Kier molecular flexibility index (Phi) is 9.26. The predicted molar refractivity (Wildman–Crippen MR) is 160 cm³/mol. The van der Waals surface area contributed by atoms with Gasteiger partial charge in [0, 0.05) is 60.1 Å². The number of rotatable bonds is 6. The van der Waals surface area contributed by atoms with Crippen molar-refractivity contribution in [1.29, 1.82) is 0 Å². The van der Waals surface area contributed by atoms with Crippen LogP contribution in [0.25, 0.3) is 10.9 Å². The van der Waals surface area contributed by atoms with E-state index in [9.17, 15) is 14.4 Å². The number of carbonyl (C=O) groups excluding carboxylic acids is 3. The number of Topliss-reactive ketones (excluding diaryl/α,β-unsaturated/α-hetero) is 1. The second-order valence-electron chi connectivity index (χ2n) is 12.4. The number of amides is 1. The number of carbonyl (C=O) groups is 3. The highest BCUT2D eigenvalue weighted by Gasteiger charge is 2.37. The van der Waals surface area contributed by atoms with Crippen LogP contribution in [0, 0.1) is 11.8 Å². The van der Waals surface area contributed by atoms with E-state index in [-0.39, 0.29) is 49.0 Å². The number of esters is 1. The Labute approximate surface area is 248 Å². The van der Waals surface area contributed by atoms with Gasteiger partial charge in [-0.3, -0.25) is 9.59 Å². The van der Waals surface area contributed by atoms with Crippen molar-refractivity contribution < 1.29 is 23.9 Å². The van der Waals surface area contributed by atoms with Gasteiger partial charge in [-0.05, 0) is 59.4 Å². The first kappa shape index (κ1) is 30.8. The van der Waals surface area contributed by atoms with Gasteiger partial charge in [0.1, 0.15) is 11.8 Å². The largest absolute Gasteiger partial charge is 0.444 e. The molecule has 2 aliphatic carbocycles. The van der Waals surface area contributed by atoms with E-state index in [1.807, 2.05) is 63.3 Å². The molecule has 2 heterocycles. The average molecular weight is 587 g/mol. The van der Waals surface area contributed by atoms with Gasteiger partial charge in [-0.2, -0.15) is 0 Å². The first-order valence-corrected chi connectivity index (χ1v) is 14.5. The van der Waals surface area contributed by atoms with Crippen LogP contribution >= 0.6 is 12.4 Å². The summed E-state index contributed by atoms with van der Waals surface area (Å²) >= 11 is 0. The molecule has 1 fully saturated rings. The summed E-state index contributed by atoms with van der Waals surface area (Å²) in [7, 11) is 2.04. The number of para-hydroxylation sites is 1. The molecule has 9 nitrogen and oxygen atoms in total. The van der Waals surface area contributed by atoms with Crippen LogP contribution in [-0.2, 0) is 27.7 Å². The molecule has 4 atom stereocenters. The van der Waals surface area contributed by atoms with E-state index >= 15 is 0 Å². The molecule has 224 valence electrons. The molecule has 1 aliphatic heterocycles. The molecule has 5 rings (SSSR count). The van der Waals surface area contributed by atoms with Crippen molar-refractivity contribution in [2.75, 3.05) is 13.3 Å². The highest BCUT2D eigenvalue weighted by atomic mass is 35.5. The van der Waals surface area contributed by atoms with Gasteiger partial charge in [0.15, 0.2) is 12.5 Å². The minimum absolute atomic E-state index is 0. The molecule has 0 saturated heterocycles. The number of benzene rings is 1. The Hall–Kier alpha value is -3.20. The smallest absolute Gasteiger partial charge is 0.407 e. The zero-order valence-corrected chi connectivity index (χ0v) is 25.5. The maximum Gasteiger partial charge on any atom is 0.407 e. The lowest BCUT2D eigenvalue weighted by Gasteiger charge is -2.34. The van der Waals surface area contributed by atoms with Crippen molar-refractivity contribution in [3.05, 3.63) is 47.9 Å². The topological polar surface area (TPSA) is 93.1 Å². The molecule has 10 heteroatoms. The third kappa shape index (κ3) is 6.50. The summed E-state index contributed by atoms with van der Waals surface area (Å²) in [6.45, 7) is 8.25. The molecule has 1 N–H and O–H groups in total. The van der Waals surface area contributed by atoms with E-state index in [0.29, 0.717) is 13.0 Å². The second-order valence-corrected chi connectivity index (χ2v) is 12.4. The lowest BCUT2D eigenvalue weighted by molar-refractivity contribution is -0.155. The quantitative estimate of drug-likeness (QED) is 0.455. The summed E-state index contributed by atoms with van der Waals surface area (Å²) in [6.07, 6.45) is 8.33. The lowest BCUT2D eigenvalue weighted by Crippen LogP contribution is -2.48. The number of hydrogen-bond donors (Lipinski definition) is 1. The number of aromatic nitrogens is 1. The van der Waals surface area contributed by atoms with Crippen molar-refractivity contribution in [1.82, 2.24) is 19.7 Å². The number of hydrogen-bond acceptors (Lipinski definition) is 7. The zero-order chi connectivity index (χ0) is 28.6. The number of alkyl carbamates (subject to hydrolysis) is 1. The van der Waals surface area contributed by atoms with E-state index in [2.05, 4.69) is 27.8 Å². The molecule has 0 radical (unpaired) electrons. The van der Waals surface area contributed by atoms with Crippen LogP contribution in [0.5, 0.6) is 0 Å². The van der Waals surface area contributed by atoms with Crippen LogP contribution < -0.4 is 5.32 Å². The van der Waals surface area contributed by atoms with E-state index < -0.39 is 17.6 Å². The normalized spacial score (nSPS) is 24.2. The standard InChI is InChI=1S/C31H42N4O5.ClH/c1-20-34(18-21-14-15-26-27(28(21)36)23-11-7-9-13-25(23)33(26)5)16-17-35(20)19-39-29(37)22-10-6-8-12-24(22)32-30(38)40-31(2,3)4;/h7,9,11,13,16-17,20-22,24H,6,8,10,12,14-15,18-19H2,1-5H3,(H,32,38);1H/t20?,21?,22-,24-;/m1./s1. The molecular formula is C31H43ClN4O5. The predicted octanol–water partition coefficient (Wildman–Crippen LogP) is 5.36. The molecule has 3 aliphatic rings. The van der Waals surface area contributed by atoms with Gasteiger partial charge in [0.25, 0.3) is 0 Å². The number of ether oxygens (including phenoxy) is 2. The van der Waals surface area contributed by atoms with Crippen LogP contribution in [-0.4, -0.2) is 63.3 Å². The first-order chi connectivity index (χ1) is 19.0. The van der Waals surface area contributed by atoms with E-state index in [0.717, 1.165) is 54.3 Å². The molecule has 41 heavy (non-hydrogen) atoms. The molecule has 0 spiro atoms. The third-order valence-corrected chi connectivity index (χ3v) is 8.54. The van der Waals surface area contributed by atoms with Gasteiger partial charge in [-0.25, -0.2) is 4.79 Å². The number of nitrogens with zero attached hydrogens (tertiary/aromatic N) is 3. The monoisotopic (exact) mass is 586 g/mol. The van der Waals surface area contributed by atoms with Crippen LogP contribution in [0.4, 0.5) is 4.79 Å². The highest BCUT2D eigenvalue weighted by Crippen LogP contribution is 2.35. The van der Waals surface area contributed by atoms with Gasteiger partial charge >= 0.3 is 12.1 Å². The Bertz CT molecular complexity index is 1320. The van der Waals surface area contributed by atoms with Gasteiger partial charge in [0.05, 0.1) is 5.92 Å². The van der Waals surface area contributed by atoms with Gasteiger partial charge in [-0.15, -0.1) is 12.4 Å². The van der Waals surface area contributed by atoms with Gasteiger partial charge in [0.2, 0.25) is 0 Å². The van der Waals surface area contributed by atoms with Crippen LogP contribution in [0.1, 0.15) is 75.9 Å². The first-order valence-electron chi connectivity index (χ1n) is 14.5. The number of nitrogens with one attached hydrogen (secondary N) is 1. The molecule has 2 unspecified atom stereocenters. The van der Waals surface area contributed by atoms with Crippen molar-refractivity contribution in [2.45, 2.75) is 84.0 Å². The van der Waals surface area contributed by atoms with Crippen molar-refractivity contribution in [3.63, 3.8) is 0 Å². The average Bonchev–Trinajstić information content (AvgIpc) is 3.40. The van der Waals surface area contributed by atoms with Crippen molar-refractivity contribution >= 4 is 41.2 Å². The molecule has 2 aromatic rings. The molecular weight excluding hydrogens is 544 g/mol. The van der Waals surface area contributed by atoms with Gasteiger partial charge in [-0.1, -0.05) is 31.0 Å². The minimum atomic E-state index is -0.599. The summed E-state index contributed by atoms with van der Waals surface area (Å²) in [5.74, 6) is -0.570. The lowest BCUT2D eigenvalue weighted by atomic mass is 9.84. The van der Waals surface area contributed by atoms with E-state index in [4.69, 9.17) is 9.47 Å². The fourth-order valence-corrected chi connectivity index (χ4v) is 6.35. The summed E-state index contributed by atoms with van der Waals surface area (Å²) in [4.78, 5) is 43.1. The highest BCUT2D eigenvalue weighted by molar-refractivity contribution is 6.11. The summed E-state index contributed by atoms with van der Waals surface area (Å²) in [6, 6.07) is 7.83. The zero-order valence-electron chi connectivity index (χ0n) is 24.7. The second kappa shape index (κ2) is 12.3. The Morgan fingerprint density at radius 2 is 1.76 bits per heavy atom. The Morgan fingerprint density at radius 1 is 1.05 bits per heavy atom. The Balaban J connectivity index is 0.00000387. The fraction of sp³-hybridized carbons (Fsp3) is 0.581. The van der Waals surface area contributed by atoms with Crippen LogP contribution in [0.15, 0.2) is 36.7 Å². The SMILES string of the molecule is CC1N(COC(=O)[C@@H]2CCCC[C@H]2NC(=O)OC(C)(C)C)C=CN1CC1CCc2c(c3ccccc3n2C)C1=O.Cl. The third-order valence-electron chi connectivity index (χ3n) is 8.54. The number of fused-ring (bicyclic) bond motifs is 3. The summed E-state index contributed by atoms with van der Waals surface area (Å²) in [5.41, 5.74) is 2.50. The van der Waals surface area contributed by atoms with Crippen molar-refractivity contribution in [3.8, 4) is 0 Å². The van der Waals surface area contributed by atoms with Crippen LogP contribution in [0.3, 0.4) is 0 Å². The van der Waals surface area contributed by atoms with Crippen LogP contribution in [0.2, 0.25) is 0 Å². The van der Waals surface area contributed by atoms with E-state index in [1.165, 1.54) is 0 Å². The Morgan fingerprint density at radius 3 is 2.51 bits per heavy atom. The van der Waals surface area contributed by atoms with Crippen molar-refractivity contribution in [2.24, 2.45) is 18.9 Å². The van der Waals surface area contributed by atoms with Gasteiger partial charge < -0.3 is 29.2 Å². The number of aryl methyl sites for hydroxylation is 1. The fourth-order valence-electron chi connectivity index (χ4n) is 6.35. The molecule has 1 aromatic carbocycles. The summed E-state index contributed by atoms with van der Waals surface area (Å²) in [5, 5.41) is 3.93. The molecule has 1 aromatic heterocycles.